The molecule has 248 valence electrons. The van der Waals surface area contributed by atoms with E-state index >= 15 is 0 Å². The Kier molecular flexibility index (Phi) is 6.58. The van der Waals surface area contributed by atoms with E-state index in [9.17, 15) is 0 Å². The first-order valence-electron chi connectivity index (χ1n) is 18.4. The fourth-order valence-corrected chi connectivity index (χ4v) is 6.58. The van der Waals surface area contributed by atoms with Gasteiger partial charge in [-0.2, -0.15) is 0 Å². The van der Waals surface area contributed by atoms with E-state index in [4.69, 9.17) is 18.8 Å². The summed E-state index contributed by atoms with van der Waals surface area (Å²) in [6.45, 7) is 10.7. The summed E-state index contributed by atoms with van der Waals surface area (Å²) in [6.07, 6.45) is 7.03. The number of imidazole rings is 1. The van der Waals surface area contributed by atoms with Crippen LogP contribution in [0.25, 0.3) is 50.2 Å². The standard InChI is InChI=1S/C44H41N5O/c1-29-16-17-30(43(2,3)4)24-39(29)47-28-48(38-15-11-10-14-37(38)47)41-27-33(21-23-45-41)50-32-18-19-35-34-12-8-9-13-36(34)49(40(35)26-32)42-25-31(20-22-46-42)44(5,6)7/h8-27H,1-7H3/i1D3. The molecule has 0 bridgehead atoms. The van der Waals surface area contributed by atoms with Crippen LogP contribution in [0.5, 0.6) is 11.5 Å². The molecule has 0 unspecified atom stereocenters. The molecule has 0 aliphatic rings. The van der Waals surface area contributed by atoms with E-state index in [0.717, 1.165) is 44.2 Å². The van der Waals surface area contributed by atoms with E-state index in [-0.39, 0.29) is 16.4 Å². The zero-order chi connectivity index (χ0) is 37.3. The zero-order valence-electron chi connectivity index (χ0n) is 32.2. The highest BCUT2D eigenvalue weighted by Gasteiger charge is 2.20. The molecule has 8 aromatic rings. The number of benzene rings is 4. The fourth-order valence-electron chi connectivity index (χ4n) is 6.58. The maximum absolute atomic E-state index is 8.35. The molecular formula is C44H41N5O. The summed E-state index contributed by atoms with van der Waals surface area (Å²) < 4.78 is 37.5. The van der Waals surface area contributed by atoms with Gasteiger partial charge in [-0.15, -0.1) is 0 Å². The van der Waals surface area contributed by atoms with Crippen molar-refractivity contribution in [1.82, 2.24) is 19.1 Å². The van der Waals surface area contributed by atoms with Gasteiger partial charge in [-0.3, -0.25) is 18.7 Å². The summed E-state index contributed by atoms with van der Waals surface area (Å²) >= 11 is 0. The Morgan fingerprint density at radius 1 is 0.640 bits per heavy atom. The summed E-state index contributed by atoms with van der Waals surface area (Å²) in [4.78, 5) is 9.52. The number of nitrogens with zero attached hydrogens (tertiary/aromatic N) is 5. The Hall–Kier alpha value is -5.75. The Labute approximate surface area is 297 Å². The first kappa shape index (κ1) is 28.1. The van der Waals surface area contributed by atoms with Gasteiger partial charge >= 0.3 is 0 Å². The third-order valence-corrected chi connectivity index (χ3v) is 9.34. The van der Waals surface area contributed by atoms with Crippen molar-refractivity contribution in [1.29, 1.82) is 0 Å². The van der Waals surface area contributed by atoms with Gasteiger partial charge in [-0.05, 0) is 76.8 Å². The van der Waals surface area contributed by atoms with Crippen molar-refractivity contribution >= 4 is 32.8 Å². The second-order valence-electron chi connectivity index (χ2n) is 14.9. The Bertz CT molecular complexity index is 2670. The minimum atomic E-state index is -2.32. The topological polar surface area (TPSA) is 48.8 Å². The minimum absolute atomic E-state index is 0.0280. The monoisotopic (exact) mass is 658 g/mol. The summed E-state index contributed by atoms with van der Waals surface area (Å²) in [6, 6.07) is 35.9. The highest BCUT2D eigenvalue weighted by molar-refractivity contribution is 6.09. The van der Waals surface area contributed by atoms with E-state index < -0.39 is 6.85 Å². The maximum Gasteiger partial charge on any atom is 0.271 e. The average Bonchev–Trinajstić information content (AvgIpc) is 3.66. The summed E-state index contributed by atoms with van der Waals surface area (Å²) in [5.41, 5.74) is 6.53. The summed E-state index contributed by atoms with van der Waals surface area (Å²) in [7, 11) is 0. The Balaban J connectivity index is 1.22. The first-order chi connectivity index (χ1) is 25.2. The largest absolute Gasteiger partial charge is 0.458 e. The number of pyridine rings is 2. The smallest absolute Gasteiger partial charge is 0.271 e. The molecule has 0 atom stereocenters. The SMILES string of the molecule is [2H]C([2H])([2H])c1ccc(C(C)(C)C)cc1-[n+]1[c-]n(-c2cc(Oc3ccc4c5ccccc5n(-c5cc(C(C)(C)C)ccn5)c4c3)ccn2)c2ccccc21. The van der Waals surface area contributed by atoms with Crippen molar-refractivity contribution in [2.75, 3.05) is 0 Å². The van der Waals surface area contributed by atoms with Gasteiger partial charge in [0.1, 0.15) is 17.3 Å². The van der Waals surface area contributed by atoms with Gasteiger partial charge in [-0.25, -0.2) is 4.98 Å². The average molecular weight is 659 g/mol. The van der Waals surface area contributed by atoms with Gasteiger partial charge < -0.3 is 4.74 Å². The normalized spacial score (nSPS) is 13.4. The molecule has 0 saturated heterocycles. The highest BCUT2D eigenvalue weighted by atomic mass is 16.5. The third-order valence-electron chi connectivity index (χ3n) is 9.34. The van der Waals surface area contributed by atoms with E-state index in [0.29, 0.717) is 23.0 Å². The van der Waals surface area contributed by atoms with Gasteiger partial charge in [0.25, 0.3) is 6.33 Å². The number of para-hydroxylation sites is 3. The molecule has 0 spiro atoms. The molecule has 0 saturated carbocycles. The highest BCUT2D eigenvalue weighted by Crippen LogP contribution is 2.36. The van der Waals surface area contributed by atoms with Crippen LogP contribution < -0.4 is 9.30 Å². The van der Waals surface area contributed by atoms with Gasteiger partial charge in [0, 0.05) is 39.4 Å². The predicted molar refractivity (Wildman–Crippen MR) is 202 cm³/mol. The molecule has 0 N–H and O–H groups in total. The lowest BCUT2D eigenvalue weighted by molar-refractivity contribution is -0.573. The van der Waals surface area contributed by atoms with Crippen LogP contribution in [0.2, 0.25) is 0 Å². The molecule has 0 fully saturated rings. The molecule has 4 heterocycles. The van der Waals surface area contributed by atoms with Crippen molar-refractivity contribution in [3.8, 4) is 28.8 Å². The van der Waals surface area contributed by atoms with Crippen LogP contribution in [0.1, 0.15) is 62.3 Å². The quantitative estimate of drug-likeness (QED) is 0.137. The molecule has 0 aliphatic heterocycles. The van der Waals surface area contributed by atoms with Gasteiger partial charge in [0.05, 0.1) is 27.8 Å². The fraction of sp³-hybridized carbons (Fsp3) is 0.205. The summed E-state index contributed by atoms with van der Waals surface area (Å²) in [5, 5.41) is 2.25. The Morgan fingerprint density at radius 3 is 2.12 bits per heavy atom. The number of hydrogen-bond acceptors (Lipinski definition) is 3. The van der Waals surface area contributed by atoms with Gasteiger partial charge in [0.2, 0.25) is 0 Å². The lowest BCUT2D eigenvalue weighted by Gasteiger charge is -2.21. The Morgan fingerprint density at radius 2 is 1.32 bits per heavy atom. The molecule has 0 amide bonds. The van der Waals surface area contributed by atoms with Crippen LogP contribution in [0.3, 0.4) is 0 Å². The maximum atomic E-state index is 8.35. The molecule has 0 radical (unpaired) electrons. The van der Waals surface area contributed by atoms with Crippen LogP contribution >= 0.6 is 0 Å². The molecule has 0 aliphatic carbocycles. The van der Waals surface area contributed by atoms with Crippen LogP contribution in [0, 0.1) is 13.2 Å². The first-order valence-corrected chi connectivity index (χ1v) is 16.9. The number of hydrogen-bond donors (Lipinski definition) is 0. The second-order valence-corrected chi connectivity index (χ2v) is 14.9. The molecule has 6 heteroatoms. The molecule has 4 aromatic carbocycles. The number of fused-ring (bicyclic) bond motifs is 4. The number of aryl methyl sites for hydroxylation is 1. The summed E-state index contributed by atoms with van der Waals surface area (Å²) in [5.74, 6) is 2.70. The van der Waals surface area contributed by atoms with Gasteiger partial charge in [-0.1, -0.05) is 96.1 Å². The molecule has 4 aromatic heterocycles. The second kappa shape index (κ2) is 11.7. The predicted octanol–water partition coefficient (Wildman–Crippen LogP) is 10.3. The van der Waals surface area contributed by atoms with E-state index in [1.54, 1.807) is 12.3 Å². The third kappa shape index (κ3) is 5.51. The lowest BCUT2D eigenvalue weighted by Crippen LogP contribution is -2.31. The van der Waals surface area contributed by atoms with Crippen LogP contribution in [-0.2, 0) is 10.8 Å². The van der Waals surface area contributed by atoms with E-state index in [1.165, 1.54) is 5.56 Å². The van der Waals surface area contributed by atoms with Crippen molar-refractivity contribution in [2.24, 2.45) is 0 Å². The van der Waals surface area contributed by atoms with Crippen LogP contribution in [-0.4, -0.2) is 19.1 Å². The number of ether oxygens (including phenoxy) is 1. The van der Waals surface area contributed by atoms with Crippen molar-refractivity contribution < 1.29 is 13.4 Å². The lowest BCUT2D eigenvalue weighted by atomic mass is 9.86. The molecule has 8 rings (SSSR count). The van der Waals surface area contributed by atoms with Gasteiger partial charge in [0.15, 0.2) is 5.82 Å². The van der Waals surface area contributed by atoms with E-state index in [2.05, 4.69) is 101 Å². The van der Waals surface area contributed by atoms with E-state index in [1.807, 2.05) is 69.9 Å². The van der Waals surface area contributed by atoms with Crippen molar-refractivity contribution in [2.45, 2.75) is 59.2 Å². The van der Waals surface area contributed by atoms with Crippen LogP contribution in [0.15, 0.2) is 122 Å². The van der Waals surface area contributed by atoms with Crippen molar-refractivity contribution in [3.63, 3.8) is 0 Å². The van der Waals surface area contributed by atoms with Crippen LogP contribution in [0.4, 0.5) is 0 Å². The zero-order valence-corrected chi connectivity index (χ0v) is 29.2. The van der Waals surface area contributed by atoms with Crippen molar-refractivity contribution in [3.05, 3.63) is 145 Å². The molecular weight excluding hydrogens is 615 g/mol. The molecule has 50 heavy (non-hydrogen) atoms. The number of aromatic nitrogens is 5. The molecule has 6 nitrogen and oxygen atoms in total. The number of rotatable bonds is 5. The minimum Gasteiger partial charge on any atom is -0.458 e.